The maximum absolute atomic E-state index is 12.4. The standard InChI is InChI=1S/C22H21N5O4S3/c1-2-30-20(29)12-7-8-15-19(12)25-21(34-15)24-16(28)11-32-22-27-26-17(31-22)9-10-18-23-13-5-3-4-6-14(13)33-18/h3-6,12H,2,7-11H2,1H3,(H,24,25,28). The number of anilines is 1. The molecular weight excluding hydrogens is 494 g/mol. The number of aromatic nitrogens is 4. The van der Waals surface area contributed by atoms with E-state index in [-0.39, 0.29) is 23.5 Å². The summed E-state index contributed by atoms with van der Waals surface area (Å²) in [7, 11) is 0. The Morgan fingerprint density at radius 2 is 2.09 bits per heavy atom. The molecule has 0 bridgehead atoms. The SMILES string of the molecule is CCOC(=O)C1CCc2sc(NC(=O)CSc3nnc(CCc4nc5ccccc5s4)o3)nc21. The van der Waals surface area contributed by atoms with Gasteiger partial charge in [-0.3, -0.25) is 9.59 Å². The van der Waals surface area contributed by atoms with Crippen molar-refractivity contribution in [2.24, 2.45) is 0 Å². The van der Waals surface area contributed by atoms with E-state index in [4.69, 9.17) is 9.15 Å². The molecule has 0 radical (unpaired) electrons. The van der Waals surface area contributed by atoms with Gasteiger partial charge < -0.3 is 14.5 Å². The summed E-state index contributed by atoms with van der Waals surface area (Å²) < 4.78 is 12.0. The average molecular weight is 516 g/mol. The van der Waals surface area contributed by atoms with E-state index in [1.54, 1.807) is 18.3 Å². The number of esters is 1. The number of carbonyl (C=O) groups excluding carboxylic acids is 2. The van der Waals surface area contributed by atoms with Crippen molar-refractivity contribution in [3.05, 3.63) is 45.7 Å². The lowest BCUT2D eigenvalue weighted by Gasteiger charge is -2.07. The molecule has 9 nitrogen and oxygen atoms in total. The number of rotatable bonds is 9. The number of nitrogens with one attached hydrogen (secondary N) is 1. The van der Waals surface area contributed by atoms with Gasteiger partial charge in [-0.2, -0.15) is 0 Å². The normalized spacial score (nSPS) is 14.9. The van der Waals surface area contributed by atoms with Crippen molar-refractivity contribution in [1.29, 1.82) is 0 Å². The van der Waals surface area contributed by atoms with Gasteiger partial charge in [-0.25, -0.2) is 9.97 Å². The van der Waals surface area contributed by atoms with E-state index in [9.17, 15) is 9.59 Å². The number of para-hydroxylation sites is 1. The quantitative estimate of drug-likeness (QED) is 0.258. The highest BCUT2D eigenvalue weighted by Crippen LogP contribution is 2.39. The fraction of sp³-hybridized carbons (Fsp3) is 0.364. The van der Waals surface area contributed by atoms with E-state index in [1.165, 1.54) is 23.1 Å². The number of amides is 1. The number of nitrogens with zero attached hydrogens (tertiary/aromatic N) is 4. The summed E-state index contributed by atoms with van der Waals surface area (Å²) in [6.45, 7) is 2.13. The Hall–Kier alpha value is -2.83. The molecule has 1 amide bonds. The first-order chi connectivity index (χ1) is 16.6. The number of fused-ring (bicyclic) bond motifs is 2. The molecule has 3 heterocycles. The molecule has 0 fully saturated rings. The van der Waals surface area contributed by atoms with Crippen molar-refractivity contribution in [3.63, 3.8) is 0 Å². The number of aryl methyl sites for hydroxylation is 3. The van der Waals surface area contributed by atoms with Crippen LogP contribution in [0.5, 0.6) is 0 Å². The molecule has 4 aromatic rings. The van der Waals surface area contributed by atoms with Gasteiger partial charge in [-0.15, -0.1) is 32.9 Å². The number of hydrogen-bond acceptors (Lipinski definition) is 11. The maximum Gasteiger partial charge on any atom is 0.315 e. The van der Waals surface area contributed by atoms with Crippen LogP contribution in [0.25, 0.3) is 10.2 Å². The Bertz CT molecular complexity index is 1300. The molecule has 0 aliphatic heterocycles. The molecule has 0 saturated carbocycles. The molecule has 176 valence electrons. The largest absolute Gasteiger partial charge is 0.465 e. The smallest absolute Gasteiger partial charge is 0.315 e. The molecule has 0 saturated heterocycles. The highest BCUT2D eigenvalue weighted by atomic mass is 32.2. The zero-order valence-corrected chi connectivity index (χ0v) is 20.7. The predicted octanol–water partition coefficient (Wildman–Crippen LogP) is 4.24. The van der Waals surface area contributed by atoms with Gasteiger partial charge in [0.1, 0.15) is 5.92 Å². The minimum absolute atomic E-state index is 0.116. The third-order valence-corrected chi connectivity index (χ3v) is 8.16. The molecule has 34 heavy (non-hydrogen) atoms. The third-order valence-electron chi connectivity index (χ3n) is 5.20. The van der Waals surface area contributed by atoms with Gasteiger partial charge in [0.15, 0.2) is 5.13 Å². The summed E-state index contributed by atoms with van der Waals surface area (Å²) >= 11 is 4.24. The van der Waals surface area contributed by atoms with Gasteiger partial charge in [-0.05, 0) is 31.9 Å². The summed E-state index contributed by atoms with van der Waals surface area (Å²) in [6, 6.07) is 8.04. The predicted molar refractivity (Wildman–Crippen MR) is 130 cm³/mol. The van der Waals surface area contributed by atoms with Crippen molar-refractivity contribution >= 4 is 61.7 Å². The second-order valence-corrected chi connectivity index (χ2v) is 10.7. The van der Waals surface area contributed by atoms with Crippen LogP contribution in [-0.4, -0.2) is 44.4 Å². The number of thioether (sulfide) groups is 1. The summed E-state index contributed by atoms with van der Waals surface area (Å²) in [5.74, 6) is -0.186. The van der Waals surface area contributed by atoms with Gasteiger partial charge in [0.2, 0.25) is 11.8 Å². The number of carbonyl (C=O) groups is 2. The highest BCUT2D eigenvalue weighted by molar-refractivity contribution is 7.99. The average Bonchev–Trinajstić information content (AvgIpc) is 3.59. The van der Waals surface area contributed by atoms with Gasteiger partial charge in [0, 0.05) is 17.7 Å². The first kappa shape index (κ1) is 22.9. The Balaban J connectivity index is 1.10. The van der Waals surface area contributed by atoms with Crippen molar-refractivity contribution in [2.75, 3.05) is 17.7 Å². The lowest BCUT2D eigenvalue weighted by Crippen LogP contribution is -2.16. The van der Waals surface area contributed by atoms with Crippen LogP contribution >= 0.6 is 34.4 Å². The third kappa shape index (κ3) is 5.13. The van der Waals surface area contributed by atoms with E-state index in [1.807, 2.05) is 18.2 Å². The van der Waals surface area contributed by atoms with Crippen molar-refractivity contribution in [3.8, 4) is 0 Å². The molecule has 0 spiro atoms. The van der Waals surface area contributed by atoms with Crippen molar-refractivity contribution < 1.29 is 18.7 Å². The van der Waals surface area contributed by atoms with E-state index < -0.39 is 0 Å². The van der Waals surface area contributed by atoms with E-state index in [0.717, 1.165) is 32.2 Å². The van der Waals surface area contributed by atoms with Crippen LogP contribution < -0.4 is 5.32 Å². The topological polar surface area (TPSA) is 120 Å². The molecule has 1 atom stereocenters. The van der Waals surface area contributed by atoms with Gasteiger partial charge >= 0.3 is 5.97 Å². The Morgan fingerprint density at radius 3 is 2.94 bits per heavy atom. The zero-order valence-electron chi connectivity index (χ0n) is 18.3. The van der Waals surface area contributed by atoms with Gasteiger partial charge in [-0.1, -0.05) is 23.9 Å². The fourth-order valence-electron chi connectivity index (χ4n) is 3.67. The van der Waals surface area contributed by atoms with E-state index in [0.29, 0.717) is 42.1 Å². The number of ether oxygens (including phenoxy) is 1. The van der Waals surface area contributed by atoms with Gasteiger partial charge in [0.05, 0.1) is 33.3 Å². The lowest BCUT2D eigenvalue weighted by atomic mass is 10.1. The zero-order chi connectivity index (χ0) is 23.5. The minimum atomic E-state index is -0.342. The monoisotopic (exact) mass is 515 g/mol. The molecule has 5 rings (SSSR count). The van der Waals surface area contributed by atoms with Crippen LogP contribution in [0.2, 0.25) is 0 Å². The summed E-state index contributed by atoms with van der Waals surface area (Å²) in [5.41, 5.74) is 1.72. The van der Waals surface area contributed by atoms with Crippen LogP contribution in [-0.2, 0) is 33.6 Å². The Morgan fingerprint density at radius 1 is 1.21 bits per heavy atom. The lowest BCUT2D eigenvalue weighted by molar-refractivity contribution is -0.145. The molecule has 3 aromatic heterocycles. The molecular formula is C22H21N5O4S3. The van der Waals surface area contributed by atoms with Crippen LogP contribution in [0.1, 0.15) is 40.7 Å². The second kappa shape index (κ2) is 10.2. The van der Waals surface area contributed by atoms with Gasteiger partial charge in [0.25, 0.3) is 5.22 Å². The number of hydrogen-bond donors (Lipinski definition) is 1. The molecule has 1 aliphatic rings. The Kier molecular flexibility index (Phi) is 6.88. The fourth-order valence-corrected chi connectivity index (χ4v) is 6.28. The van der Waals surface area contributed by atoms with E-state index in [2.05, 4.69) is 31.5 Å². The first-order valence-corrected chi connectivity index (χ1v) is 13.5. The van der Waals surface area contributed by atoms with Crippen molar-refractivity contribution in [2.45, 2.75) is 43.7 Å². The highest BCUT2D eigenvalue weighted by Gasteiger charge is 2.33. The van der Waals surface area contributed by atoms with Crippen LogP contribution in [0, 0.1) is 0 Å². The molecule has 1 N–H and O–H groups in total. The molecule has 1 unspecified atom stereocenters. The molecule has 1 aromatic carbocycles. The molecule has 12 heteroatoms. The molecule has 1 aliphatic carbocycles. The van der Waals surface area contributed by atoms with Crippen LogP contribution in [0.3, 0.4) is 0 Å². The first-order valence-electron chi connectivity index (χ1n) is 10.8. The summed E-state index contributed by atoms with van der Waals surface area (Å²) in [5, 5.41) is 12.8. The van der Waals surface area contributed by atoms with E-state index >= 15 is 0 Å². The number of thiazole rings is 2. The van der Waals surface area contributed by atoms with Crippen molar-refractivity contribution in [1.82, 2.24) is 20.2 Å². The van der Waals surface area contributed by atoms with Crippen LogP contribution in [0.15, 0.2) is 33.9 Å². The number of benzene rings is 1. The van der Waals surface area contributed by atoms with Crippen LogP contribution in [0.4, 0.5) is 5.13 Å². The minimum Gasteiger partial charge on any atom is -0.465 e. The summed E-state index contributed by atoms with van der Waals surface area (Å²) in [6.07, 6.45) is 2.78. The Labute approximate surface area is 207 Å². The maximum atomic E-state index is 12.4. The summed E-state index contributed by atoms with van der Waals surface area (Å²) in [4.78, 5) is 34.6. The second-order valence-electron chi connectivity index (χ2n) is 7.54.